The van der Waals surface area contributed by atoms with Crippen molar-refractivity contribution in [1.82, 2.24) is 0 Å². The largest absolute Gasteiger partial charge is 0.376 e. The molecule has 1 unspecified atom stereocenters. The van der Waals surface area contributed by atoms with E-state index in [0.29, 0.717) is 6.10 Å². The molecule has 2 rings (SSSR count). The van der Waals surface area contributed by atoms with Crippen molar-refractivity contribution in [2.45, 2.75) is 18.9 Å². The molecule has 0 fully saturated rings. The molecule has 1 nitrogen and oxygen atoms in total. The first kappa shape index (κ1) is 6.86. The highest BCUT2D eigenvalue weighted by Crippen LogP contribution is 2.29. The number of hydrogen-bond donors (Lipinski definition) is 0. The first-order chi connectivity index (χ1) is 5.42. The molecule has 0 aliphatic heterocycles. The SMILES string of the molecule is COC1CC=CC2=C1C=CC2. The number of ether oxygens (including phenoxy) is 1. The summed E-state index contributed by atoms with van der Waals surface area (Å²) >= 11 is 0. The van der Waals surface area contributed by atoms with Gasteiger partial charge in [-0.2, -0.15) is 0 Å². The van der Waals surface area contributed by atoms with Gasteiger partial charge >= 0.3 is 0 Å². The highest BCUT2D eigenvalue weighted by molar-refractivity contribution is 5.45. The summed E-state index contributed by atoms with van der Waals surface area (Å²) in [5.74, 6) is 0. The van der Waals surface area contributed by atoms with Crippen LogP contribution in [0.5, 0.6) is 0 Å². The second kappa shape index (κ2) is 2.67. The van der Waals surface area contributed by atoms with E-state index in [1.54, 1.807) is 7.11 Å². The molecule has 0 radical (unpaired) electrons. The molecule has 0 bridgehead atoms. The highest BCUT2D eigenvalue weighted by Gasteiger charge is 2.19. The minimum Gasteiger partial charge on any atom is -0.376 e. The Morgan fingerprint density at radius 1 is 1.36 bits per heavy atom. The van der Waals surface area contributed by atoms with E-state index in [-0.39, 0.29) is 0 Å². The van der Waals surface area contributed by atoms with Crippen molar-refractivity contribution < 1.29 is 4.74 Å². The molecule has 0 spiro atoms. The Bertz CT molecular complexity index is 246. The van der Waals surface area contributed by atoms with E-state index < -0.39 is 0 Å². The second-order valence-electron chi connectivity index (χ2n) is 2.95. The monoisotopic (exact) mass is 148 g/mol. The molecule has 1 heteroatoms. The summed E-state index contributed by atoms with van der Waals surface area (Å²) in [7, 11) is 1.78. The van der Waals surface area contributed by atoms with Crippen LogP contribution in [-0.2, 0) is 4.74 Å². The first-order valence-electron chi connectivity index (χ1n) is 4.00. The first-order valence-corrected chi connectivity index (χ1v) is 4.00. The molecule has 0 aromatic rings. The summed E-state index contributed by atoms with van der Waals surface area (Å²) in [5.41, 5.74) is 2.82. The van der Waals surface area contributed by atoms with Gasteiger partial charge in [-0.25, -0.2) is 0 Å². The third kappa shape index (κ3) is 1.05. The topological polar surface area (TPSA) is 9.23 Å². The molecule has 0 saturated heterocycles. The fraction of sp³-hybridized carbons (Fsp3) is 0.400. The molecule has 0 saturated carbocycles. The zero-order chi connectivity index (χ0) is 7.68. The molecule has 2 aliphatic rings. The Labute approximate surface area is 67.1 Å². The average molecular weight is 148 g/mol. The summed E-state index contributed by atoms with van der Waals surface area (Å²) in [6, 6.07) is 0. The molecule has 0 aromatic heterocycles. The molecular weight excluding hydrogens is 136 g/mol. The lowest BCUT2D eigenvalue weighted by atomic mass is 9.97. The lowest BCUT2D eigenvalue weighted by molar-refractivity contribution is 0.135. The van der Waals surface area contributed by atoms with Gasteiger partial charge in [0.2, 0.25) is 0 Å². The van der Waals surface area contributed by atoms with Crippen molar-refractivity contribution in [2.24, 2.45) is 0 Å². The van der Waals surface area contributed by atoms with E-state index in [1.165, 1.54) is 11.1 Å². The normalized spacial score (nSPS) is 27.9. The Hall–Kier alpha value is -0.820. The van der Waals surface area contributed by atoms with Gasteiger partial charge in [-0.3, -0.25) is 0 Å². The maximum absolute atomic E-state index is 5.34. The summed E-state index contributed by atoms with van der Waals surface area (Å²) in [6.07, 6.45) is 11.2. The van der Waals surface area contributed by atoms with Crippen LogP contribution in [0.1, 0.15) is 12.8 Å². The van der Waals surface area contributed by atoms with Crippen molar-refractivity contribution in [1.29, 1.82) is 0 Å². The quantitative estimate of drug-likeness (QED) is 0.554. The van der Waals surface area contributed by atoms with Crippen LogP contribution in [0, 0.1) is 0 Å². The Kier molecular flexibility index (Phi) is 1.66. The second-order valence-corrected chi connectivity index (χ2v) is 2.95. The van der Waals surface area contributed by atoms with E-state index >= 15 is 0 Å². The Morgan fingerprint density at radius 3 is 3.09 bits per heavy atom. The van der Waals surface area contributed by atoms with Crippen molar-refractivity contribution in [3.63, 3.8) is 0 Å². The van der Waals surface area contributed by atoms with Gasteiger partial charge in [-0.15, -0.1) is 0 Å². The highest BCUT2D eigenvalue weighted by atomic mass is 16.5. The standard InChI is InChI=1S/C10H12O/c1-11-10-7-3-5-8-4-2-6-9(8)10/h2-3,5-6,10H,4,7H2,1H3. The zero-order valence-corrected chi connectivity index (χ0v) is 6.71. The molecule has 58 valence electrons. The van der Waals surface area contributed by atoms with Gasteiger partial charge in [0.25, 0.3) is 0 Å². The molecule has 11 heavy (non-hydrogen) atoms. The fourth-order valence-corrected chi connectivity index (χ4v) is 1.70. The molecule has 0 amide bonds. The van der Waals surface area contributed by atoms with Gasteiger partial charge in [0.05, 0.1) is 6.10 Å². The van der Waals surface area contributed by atoms with Gasteiger partial charge in [0, 0.05) is 7.11 Å². The van der Waals surface area contributed by atoms with Gasteiger partial charge in [-0.05, 0) is 24.0 Å². The van der Waals surface area contributed by atoms with Gasteiger partial charge in [0.1, 0.15) is 0 Å². The van der Waals surface area contributed by atoms with Crippen molar-refractivity contribution >= 4 is 0 Å². The summed E-state index contributed by atoms with van der Waals surface area (Å²) in [6.45, 7) is 0. The predicted molar refractivity (Wildman–Crippen MR) is 45.3 cm³/mol. The molecule has 0 heterocycles. The lowest BCUT2D eigenvalue weighted by Gasteiger charge is -2.18. The third-order valence-electron chi connectivity index (χ3n) is 2.31. The summed E-state index contributed by atoms with van der Waals surface area (Å²) < 4.78 is 5.34. The van der Waals surface area contributed by atoms with Gasteiger partial charge in [-0.1, -0.05) is 24.3 Å². The summed E-state index contributed by atoms with van der Waals surface area (Å²) in [4.78, 5) is 0. The van der Waals surface area contributed by atoms with E-state index in [2.05, 4.69) is 24.3 Å². The Balaban J connectivity index is 2.29. The molecule has 0 aromatic carbocycles. The number of allylic oxidation sites excluding steroid dienone is 3. The fourth-order valence-electron chi connectivity index (χ4n) is 1.70. The molecule has 0 N–H and O–H groups in total. The molecule has 2 aliphatic carbocycles. The lowest BCUT2D eigenvalue weighted by Crippen LogP contribution is -2.14. The van der Waals surface area contributed by atoms with Crippen molar-refractivity contribution in [2.75, 3.05) is 7.11 Å². The van der Waals surface area contributed by atoms with Crippen LogP contribution in [0.2, 0.25) is 0 Å². The van der Waals surface area contributed by atoms with E-state index in [4.69, 9.17) is 4.74 Å². The van der Waals surface area contributed by atoms with E-state index in [9.17, 15) is 0 Å². The van der Waals surface area contributed by atoms with Crippen LogP contribution in [0.4, 0.5) is 0 Å². The van der Waals surface area contributed by atoms with Crippen LogP contribution in [0.25, 0.3) is 0 Å². The number of hydrogen-bond acceptors (Lipinski definition) is 1. The maximum atomic E-state index is 5.34. The van der Waals surface area contributed by atoms with Gasteiger partial charge < -0.3 is 4.74 Å². The summed E-state index contributed by atoms with van der Waals surface area (Å²) in [5, 5.41) is 0. The van der Waals surface area contributed by atoms with Crippen LogP contribution in [0.15, 0.2) is 35.5 Å². The minimum absolute atomic E-state index is 0.314. The number of methoxy groups -OCH3 is 1. The average Bonchev–Trinajstić information content (AvgIpc) is 2.50. The number of rotatable bonds is 1. The minimum atomic E-state index is 0.314. The zero-order valence-electron chi connectivity index (χ0n) is 6.71. The van der Waals surface area contributed by atoms with Crippen LogP contribution < -0.4 is 0 Å². The molecule has 1 atom stereocenters. The Morgan fingerprint density at radius 2 is 2.27 bits per heavy atom. The predicted octanol–water partition coefficient (Wildman–Crippen LogP) is 2.22. The maximum Gasteiger partial charge on any atom is 0.0858 e. The van der Waals surface area contributed by atoms with Gasteiger partial charge in [0.15, 0.2) is 0 Å². The third-order valence-corrected chi connectivity index (χ3v) is 2.31. The smallest absolute Gasteiger partial charge is 0.0858 e. The van der Waals surface area contributed by atoms with Crippen molar-refractivity contribution in [3.05, 3.63) is 35.5 Å². The van der Waals surface area contributed by atoms with Crippen LogP contribution in [-0.4, -0.2) is 13.2 Å². The molecular formula is C10H12O. The van der Waals surface area contributed by atoms with Crippen LogP contribution >= 0.6 is 0 Å². The van der Waals surface area contributed by atoms with E-state index in [1.807, 2.05) is 0 Å². The van der Waals surface area contributed by atoms with Crippen molar-refractivity contribution in [3.8, 4) is 0 Å². The van der Waals surface area contributed by atoms with E-state index in [0.717, 1.165) is 12.8 Å². The van der Waals surface area contributed by atoms with Crippen LogP contribution in [0.3, 0.4) is 0 Å².